The van der Waals surface area contributed by atoms with Crippen molar-refractivity contribution in [2.75, 3.05) is 0 Å². The van der Waals surface area contributed by atoms with Crippen molar-refractivity contribution in [3.63, 3.8) is 0 Å². The number of benzene rings is 10. The number of rotatable bonds is 4. The van der Waals surface area contributed by atoms with E-state index in [0.29, 0.717) is 0 Å². The van der Waals surface area contributed by atoms with Crippen molar-refractivity contribution in [3.8, 4) is 28.5 Å². The standard InChI is InChI=1S/C58H35N5/c1-2-15-40(16-3-1)61-51-23-11-6-18-43(51)46-30-28-38(34-54(46)61)56-58(60-50-22-10-9-21-49(50)59-56)63-53-25-13-8-20-45(53)48-33-37-26-29-41(32-39(37)35-55(48)63)62-52-24-12-7-19-44(52)47-31-27-36-14-4-5-17-42(36)57(47)62/h1-35H. The van der Waals surface area contributed by atoms with Crippen LogP contribution in [0.15, 0.2) is 212 Å². The van der Waals surface area contributed by atoms with Crippen LogP contribution >= 0.6 is 0 Å². The van der Waals surface area contributed by atoms with E-state index in [-0.39, 0.29) is 0 Å². The Balaban J connectivity index is 1.05. The topological polar surface area (TPSA) is 40.6 Å². The summed E-state index contributed by atoms with van der Waals surface area (Å²) in [6, 6.07) is 76.6. The first-order valence-corrected chi connectivity index (χ1v) is 21.5. The van der Waals surface area contributed by atoms with Crippen LogP contribution in [0.1, 0.15) is 0 Å². The molecule has 0 aliphatic rings. The molecule has 0 aliphatic carbocycles. The van der Waals surface area contributed by atoms with Gasteiger partial charge in [-0.15, -0.1) is 0 Å². The lowest BCUT2D eigenvalue weighted by molar-refractivity contribution is 1.08. The normalized spacial score (nSPS) is 12.1. The zero-order chi connectivity index (χ0) is 41.2. The quantitative estimate of drug-likeness (QED) is 0.178. The van der Waals surface area contributed by atoms with E-state index in [1.54, 1.807) is 0 Å². The van der Waals surface area contributed by atoms with Crippen LogP contribution in [0.3, 0.4) is 0 Å². The lowest BCUT2D eigenvalue weighted by atomic mass is 10.0. The van der Waals surface area contributed by atoms with Crippen molar-refractivity contribution in [2.45, 2.75) is 0 Å². The van der Waals surface area contributed by atoms with Crippen molar-refractivity contribution < 1.29 is 0 Å². The van der Waals surface area contributed by atoms with Gasteiger partial charge in [-0.2, -0.15) is 0 Å². The van der Waals surface area contributed by atoms with Gasteiger partial charge in [-0.1, -0.05) is 140 Å². The summed E-state index contributed by atoms with van der Waals surface area (Å²) in [5, 5.41) is 12.1. The van der Waals surface area contributed by atoms with Gasteiger partial charge in [0.05, 0.1) is 44.1 Å². The number of nitrogens with zero attached hydrogens (tertiary/aromatic N) is 5. The first kappa shape index (κ1) is 34.2. The molecule has 0 saturated carbocycles. The summed E-state index contributed by atoms with van der Waals surface area (Å²) in [7, 11) is 0. The highest BCUT2D eigenvalue weighted by atomic mass is 15.1. The predicted octanol–water partition coefficient (Wildman–Crippen LogP) is 14.9. The highest BCUT2D eigenvalue weighted by molar-refractivity contribution is 6.19. The van der Waals surface area contributed by atoms with E-state index in [4.69, 9.17) is 9.97 Å². The van der Waals surface area contributed by atoms with Gasteiger partial charge in [0.1, 0.15) is 5.69 Å². The molecule has 0 radical (unpaired) electrons. The summed E-state index contributed by atoms with van der Waals surface area (Å²) in [5.74, 6) is 0.797. The molecule has 14 rings (SSSR count). The number of fused-ring (bicyclic) bond motifs is 13. The number of hydrogen-bond donors (Lipinski definition) is 0. The number of aromatic nitrogens is 5. The minimum atomic E-state index is 0.797. The maximum Gasteiger partial charge on any atom is 0.165 e. The molecule has 0 aliphatic heterocycles. The molecule has 0 N–H and O–H groups in total. The summed E-state index contributed by atoms with van der Waals surface area (Å²) in [6.45, 7) is 0. The predicted molar refractivity (Wildman–Crippen MR) is 263 cm³/mol. The van der Waals surface area contributed by atoms with Crippen LogP contribution in [0.5, 0.6) is 0 Å². The first-order valence-electron chi connectivity index (χ1n) is 21.5. The monoisotopic (exact) mass is 801 g/mol. The summed E-state index contributed by atoms with van der Waals surface area (Å²) in [4.78, 5) is 11.0. The molecule has 0 bridgehead atoms. The summed E-state index contributed by atoms with van der Waals surface area (Å²) in [5.41, 5.74) is 12.7. The Morgan fingerprint density at radius 1 is 0.286 bits per heavy atom. The molecular weight excluding hydrogens is 767 g/mol. The molecule has 0 spiro atoms. The minimum Gasteiger partial charge on any atom is -0.309 e. The van der Waals surface area contributed by atoms with Crippen molar-refractivity contribution in [1.29, 1.82) is 0 Å². The van der Waals surface area contributed by atoms with E-state index in [1.165, 1.54) is 65.0 Å². The Morgan fingerprint density at radius 3 is 1.65 bits per heavy atom. The second-order valence-electron chi connectivity index (χ2n) is 16.6. The Labute approximate surface area is 360 Å². The molecule has 63 heavy (non-hydrogen) atoms. The third kappa shape index (κ3) is 4.93. The van der Waals surface area contributed by atoms with Crippen molar-refractivity contribution >= 4 is 98.0 Å². The maximum absolute atomic E-state index is 5.52. The molecular formula is C58H35N5. The fourth-order valence-electron chi connectivity index (χ4n) is 10.4. The molecule has 0 saturated heterocycles. The Kier molecular flexibility index (Phi) is 7.05. The van der Waals surface area contributed by atoms with Crippen LogP contribution in [0.2, 0.25) is 0 Å². The van der Waals surface area contributed by atoms with Crippen molar-refractivity contribution in [2.24, 2.45) is 0 Å². The third-order valence-electron chi connectivity index (χ3n) is 13.2. The van der Waals surface area contributed by atoms with E-state index in [1.807, 2.05) is 12.1 Å². The Bertz CT molecular complexity index is 4210. The SMILES string of the molecule is c1ccc(-n2c3ccccc3c3ccc(-c4nc5ccccc5nc4-n4c5ccccc5c5cc6ccc(-n7c8ccccc8c8ccc9ccccc9c87)cc6cc54)cc32)cc1. The Hall–Kier alpha value is -8.54. The average molecular weight is 802 g/mol. The number of para-hydroxylation sites is 6. The third-order valence-corrected chi connectivity index (χ3v) is 13.2. The molecule has 14 aromatic rings. The van der Waals surface area contributed by atoms with Gasteiger partial charge in [-0.05, 0) is 89.0 Å². The van der Waals surface area contributed by atoms with Crippen LogP contribution in [0.25, 0.3) is 126 Å². The van der Waals surface area contributed by atoms with Gasteiger partial charge in [0.15, 0.2) is 5.82 Å². The van der Waals surface area contributed by atoms with Crippen molar-refractivity contribution in [3.05, 3.63) is 212 Å². The van der Waals surface area contributed by atoms with E-state index < -0.39 is 0 Å². The largest absolute Gasteiger partial charge is 0.309 e. The summed E-state index contributed by atoms with van der Waals surface area (Å²) >= 11 is 0. The van der Waals surface area contributed by atoms with Gasteiger partial charge < -0.3 is 9.13 Å². The van der Waals surface area contributed by atoms with Gasteiger partial charge in [0, 0.05) is 54.6 Å². The van der Waals surface area contributed by atoms with Gasteiger partial charge in [-0.25, -0.2) is 9.97 Å². The fourth-order valence-corrected chi connectivity index (χ4v) is 10.4. The lowest BCUT2D eigenvalue weighted by Gasteiger charge is -2.15. The molecule has 10 aromatic carbocycles. The highest BCUT2D eigenvalue weighted by Crippen LogP contribution is 2.42. The van der Waals surface area contributed by atoms with Gasteiger partial charge in [-0.3, -0.25) is 4.57 Å². The molecule has 5 heteroatoms. The summed E-state index contributed by atoms with van der Waals surface area (Å²) < 4.78 is 7.16. The molecule has 5 nitrogen and oxygen atoms in total. The molecule has 0 atom stereocenters. The fraction of sp³-hybridized carbons (Fsp3) is 0. The molecule has 292 valence electrons. The second-order valence-corrected chi connectivity index (χ2v) is 16.6. The number of hydrogen-bond acceptors (Lipinski definition) is 2. The van der Waals surface area contributed by atoms with Crippen molar-refractivity contribution in [1.82, 2.24) is 23.7 Å². The van der Waals surface area contributed by atoms with E-state index >= 15 is 0 Å². The van der Waals surface area contributed by atoms with Crippen LogP contribution in [-0.4, -0.2) is 23.7 Å². The van der Waals surface area contributed by atoms with Gasteiger partial charge >= 0.3 is 0 Å². The minimum absolute atomic E-state index is 0.797. The lowest BCUT2D eigenvalue weighted by Crippen LogP contribution is -2.04. The van der Waals surface area contributed by atoms with Crippen LogP contribution in [0.4, 0.5) is 0 Å². The van der Waals surface area contributed by atoms with Crippen LogP contribution < -0.4 is 0 Å². The average Bonchev–Trinajstić information content (AvgIpc) is 3.98. The van der Waals surface area contributed by atoms with E-state index in [9.17, 15) is 0 Å². The summed E-state index contributed by atoms with van der Waals surface area (Å²) in [6.07, 6.45) is 0. The Morgan fingerprint density at radius 2 is 0.857 bits per heavy atom. The van der Waals surface area contributed by atoms with Crippen LogP contribution in [0, 0.1) is 0 Å². The van der Waals surface area contributed by atoms with Gasteiger partial charge in [0.25, 0.3) is 0 Å². The zero-order valence-electron chi connectivity index (χ0n) is 33.9. The molecule has 0 amide bonds. The molecule has 4 aromatic heterocycles. The smallest absolute Gasteiger partial charge is 0.165 e. The zero-order valence-corrected chi connectivity index (χ0v) is 33.9. The second kappa shape index (κ2) is 13.0. The maximum atomic E-state index is 5.52. The molecule has 0 fully saturated rings. The van der Waals surface area contributed by atoms with E-state index in [0.717, 1.165) is 61.4 Å². The van der Waals surface area contributed by atoms with Gasteiger partial charge in [0.2, 0.25) is 0 Å². The molecule has 0 unspecified atom stereocenters. The van der Waals surface area contributed by atoms with E-state index in [2.05, 4.69) is 214 Å². The highest BCUT2D eigenvalue weighted by Gasteiger charge is 2.22. The molecule has 4 heterocycles. The first-order chi connectivity index (χ1) is 31.2. The van der Waals surface area contributed by atoms with Crippen LogP contribution in [-0.2, 0) is 0 Å².